The number of esters is 1. The third kappa shape index (κ3) is 5.30. The van der Waals surface area contributed by atoms with Crippen molar-refractivity contribution in [2.45, 2.75) is 12.8 Å². The summed E-state index contributed by atoms with van der Waals surface area (Å²) in [5, 5.41) is 5.41. The second kappa shape index (κ2) is 10.4. The summed E-state index contributed by atoms with van der Waals surface area (Å²) >= 11 is 0. The molecule has 0 fully saturated rings. The van der Waals surface area contributed by atoms with Gasteiger partial charge < -0.3 is 25.7 Å². The van der Waals surface area contributed by atoms with Gasteiger partial charge in [-0.3, -0.25) is 0 Å². The van der Waals surface area contributed by atoms with Gasteiger partial charge in [0.05, 0.1) is 18.1 Å². The molecule has 4 rings (SSSR count). The van der Waals surface area contributed by atoms with Gasteiger partial charge in [-0.05, 0) is 37.7 Å². The topological polar surface area (TPSA) is 109 Å². The molecule has 172 valence electrons. The summed E-state index contributed by atoms with van der Waals surface area (Å²) in [6.45, 7) is 3.26. The Hall–Kier alpha value is -3.49. The fraction of sp³-hybridized carbons (Fsp3) is 0.320. The van der Waals surface area contributed by atoms with Crippen LogP contribution in [0.3, 0.4) is 0 Å². The van der Waals surface area contributed by atoms with E-state index < -0.39 is 0 Å². The van der Waals surface area contributed by atoms with Crippen LogP contribution in [0.1, 0.15) is 28.2 Å². The Bertz CT molecular complexity index is 1240. The number of aromatic nitrogens is 3. The monoisotopic (exact) mass is 446 g/mol. The van der Waals surface area contributed by atoms with Crippen molar-refractivity contribution in [1.82, 2.24) is 19.9 Å². The standard InChI is InChI=1S/C25H30N6O2/c1-31(14-11-26)13-6-12-27-23-22-19-10-9-18(25(32)33-2)16-20(19)28-24(22)30-21(29-23)15-17-7-4-3-5-8-17/h3-5,7-10,16H,6,11-15,26H2,1-2H3,(H2,27,28,29,30). The molecule has 2 aromatic heterocycles. The Morgan fingerprint density at radius 2 is 1.97 bits per heavy atom. The summed E-state index contributed by atoms with van der Waals surface area (Å²) < 4.78 is 4.87. The summed E-state index contributed by atoms with van der Waals surface area (Å²) in [7, 11) is 3.46. The van der Waals surface area contributed by atoms with Crippen molar-refractivity contribution in [1.29, 1.82) is 0 Å². The van der Waals surface area contributed by atoms with Crippen molar-refractivity contribution in [2.75, 3.05) is 45.7 Å². The molecule has 0 aliphatic rings. The summed E-state index contributed by atoms with van der Waals surface area (Å²) in [5.41, 5.74) is 8.85. The van der Waals surface area contributed by atoms with E-state index in [1.165, 1.54) is 7.11 Å². The minimum absolute atomic E-state index is 0.369. The molecule has 0 saturated heterocycles. The van der Waals surface area contributed by atoms with Gasteiger partial charge in [-0.15, -0.1) is 0 Å². The summed E-state index contributed by atoms with van der Waals surface area (Å²) in [6, 6.07) is 15.7. The SMILES string of the molecule is COC(=O)c1ccc2c(c1)[nH]c1nc(Cc3ccccc3)nc(NCCCN(C)CCN)c12. The Morgan fingerprint density at radius 1 is 1.15 bits per heavy atom. The molecule has 0 bridgehead atoms. The minimum atomic E-state index is -0.369. The zero-order chi connectivity index (χ0) is 23.2. The summed E-state index contributed by atoms with van der Waals surface area (Å²) in [5.74, 6) is 1.16. The average Bonchev–Trinajstić information content (AvgIpc) is 3.19. The van der Waals surface area contributed by atoms with Gasteiger partial charge in [-0.25, -0.2) is 14.8 Å². The summed E-state index contributed by atoms with van der Waals surface area (Å²) in [6.07, 6.45) is 1.60. The van der Waals surface area contributed by atoms with Gasteiger partial charge in [0.15, 0.2) is 0 Å². The molecule has 0 aliphatic heterocycles. The molecular formula is C25H30N6O2. The third-order valence-corrected chi connectivity index (χ3v) is 5.64. The normalized spacial score (nSPS) is 11.4. The number of aromatic amines is 1. The maximum absolute atomic E-state index is 12.0. The van der Waals surface area contributed by atoms with E-state index >= 15 is 0 Å². The number of anilines is 1. The highest BCUT2D eigenvalue weighted by atomic mass is 16.5. The van der Waals surface area contributed by atoms with Crippen LogP contribution >= 0.6 is 0 Å². The van der Waals surface area contributed by atoms with Crippen molar-refractivity contribution < 1.29 is 9.53 Å². The lowest BCUT2D eigenvalue weighted by Gasteiger charge is -2.15. The third-order valence-electron chi connectivity index (χ3n) is 5.64. The molecule has 8 heteroatoms. The molecule has 0 spiro atoms. The Labute approximate surface area is 193 Å². The van der Waals surface area contributed by atoms with E-state index in [0.29, 0.717) is 18.5 Å². The van der Waals surface area contributed by atoms with Crippen LogP contribution in [0.2, 0.25) is 0 Å². The number of likely N-dealkylation sites (N-methyl/N-ethyl adjacent to an activating group) is 1. The van der Waals surface area contributed by atoms with Crippen LogP contribution in [0.4, 0.5) is 5.82 Å². The number of hydrogen-bond donors (Lipinski definition) is 3. The molecule has 4 N–H and O–H groups in total. The Balaban J connectivity index is 1.68. The molecule has 0 unspecified atom stereocenters. The van der Waals surface area contributed by atoms with Crippen molar-refractivity contribution in [3.05, 3.63) is 65.5 Å². The molecule has 0 amide bonds. The van der Waals surface area contributed by atoms with Crippen molar-refractivity contribution >= 4 is 33.7 Å². The largest absolute Gasteiger partial charge is 0.465 e. The van der Waals surface area contributed by atoms with Gasteiger partial charge in [0.2, 0.25) is 0 Å². The molecule has 0 saturated carbocycles. The molecule has 0 aliphatic carbocycles. The van der Waals surface area contributed by atoms with Crippen molar-refractivity contribution in [2.24, 2.45) is 5.73 Å². The van der Waals surface area contributed by atoms with Crippen LogP contribution in [0.5, 0.6) is 0 Å². The van der Waals surface area contributed by atoms with E-state index in [1.54, 1.807) is 12.1 Å². The number of fused-ring (bicyclic) bond motifs is 3. The smallest absolute Gasteiger partial charge is 0.337 e. The van der Waals surface area contributed by atoms with Crippen LogP contribution in [-0.2, 0) is 11.2 Å². The van der Waals surface area contributed by atoms with Crippen LogP contribution < -0.4 is 11.1 Å². The highest BCUT2D eigenvalue weighted by Gasteiger charge is 2.16. The van der Waals surface area contributed by atoms with Crippen LogP contribution in [0.15, 0.2) is 48.5 Å². The van der Waals surface area contributed by atoms with Crippen LogP contribution in [-0.4, -0.2) is 66.2 Å². The van der Waals surface area contributed by atoms with Crippen LogP contribution in [0, 0.1) is 0 Å². The first kappa shape index (κ1) is 22.7. The quantitative estimate of drug-likeness (QED) is 0.254. The first-order chi connectivity index (χ1) is 16.1. The highest BCUT2D eigenvalue weighted by molar-refractivity contribution is 6.12. The fourth-order valence-electron chi connectivity index (χ4n) is 3.96. The number of rotatable bonds is 10. The molecule has 33 heavy (non-hydrogen) atoms. The van der Waals surface area contributed by atoms with E-state index in [0.717, 1.165) is 65.2 Å². The lowest BCUT2D eigenvalue weighted by Crippen LogP contribution is -2.27. The van der Waals surface area contributed by atoms with E-state index in [-0.39, 0.29) is 5.97 Å². The average molecular weight is 447 g/mol. The summed E-state index contributed by atoms with van der Waals surface area (Å²) in [4.78, 5) is 27.2. The van der Waals surface area contributed by atoms with Gasteiger partial charge in [0.25, 0.3) is 0 Å². The predicted octanol–water partition coefficient (Wildman–Crippen LogP) is 3.18. The number of nitrogens with zero attached hydrogens (tertiary/aromatic N) is 3. The van der Waals surface area contributed by atoms with E-state index in [2.05, 4.69) is 34.4 Å². The van der Waals surface area contributed by atoms with E-state index in [1.807, 2.05) is 24.3 Å². The molecule has 2 heterocycles. The lowest BCUT2D eigenvalue weighted by atomic mass is 10.1. The number of ether oxygens (including phenoxy) is 1. The predicted molar refractivity (Wildman–Crippen MR) is 132 cm³/mol. The first-order valence-electron chi connectivity index (χ1n) is 11.2. The number of methoxy groups -OCH3 is 1. The Kier molecular flexibility index (Phi) is 7.16. The first-order valence-corrected chi connectivity index (χ1v) is 11.2. The molecule has 4 aromatic rings. The molecule has 8 nitrogen and oxygen atoms in total. The zero-order valence-electron chi connectivity index (χ0n) is 19.1. The highest BCUT2D eigenvalue weighted by Crippen LogP contribution is 2.31. The Morgan fingerprint density at radius 3 is 2.73 bits per heavy atom. The number of nitrogens with one attached hydrogen (secondary N) is 2. The second-order valence-corrected chi connectivity index (χ2v) is 8.12. The zero-order valence-corrected chi connectivity index (χ0v) is 19.1. The molecule has 0 atom stereocenters. The number of hydrogen-bond acceptors (Lipinski definition) is 7. The minimum Gasteiger partial charge on any atom is -0.465 e. The lowest BCUT2D eigenvalue weighted by molar-refractivity contribution is 0.0601. The number of carbonyl (C=O) groups excluding carboxylic acids is 1. The molecular weight excluding hydrogens is 416 g/mol. The van der Waals surface area contributed by atoms with Crippen LogP contribution in [0.25, 0.3) is 21.9 Å². The van der Waals surface area contributed by atoms with Gasteiger partial charge in [0, 0.05) is 37.0 Å². The fourth-order valence-corrected chi connectivity index (χ4v) is 3.96. The van der Waals surface area contributed by atoms with Crippen molar-refractivity contribution in [3.8, 4) is 0 Å². The second-order valence-electron chi connectivity index (χ2n) is 8.12. The number of carbonyl (C=O) groups is 1. The number of H-pyrrole nitrogens is 1. The molecule has 0 radical (unpaired) electrons. The maximum atomic E-state index is 12.0. The maximum Gasteiger partial charge on any atom is 0.337 e. The van der Waals surface area contributed by atoms with E-state index in [9.17, 15) is 4.79 Å². The van der Waals surface area contributed by atoms with Crippen molar-refractivity contribution in [3.63, 3.8) is 0 Å². The van der Waals surface area contributed by atoms with Gasteiger partial charge in [-0.1, -0.05) is 36.4 Å². The number of benzene rings is 2. The van der Waals surface area contributed by atoms with Gasteiger partial charge in [-0.2, -0.15) is 0 Å². The van der Waals surface area contributed by atoms with Gasteiger partial charge >= 0.3 is 5.97 Å². The van der Waals surface area contributed by atoms with Gasteiger partial charge in [0.1, 0.15) is 17.3 Å². The van der Waals surface area contributed by atoms with E-state index in [4.69, 9.17) is 20.4 Å². The number of nitrogens with two attached hydrogens (primary N) is 1. The molecule has 2 aromatic carbocycles.